The molecule has 0 aromatic carbocycles. The number of piperidine rings is 1. The van der Waals surface area contributed by atoms with Crippen LogP contribution in [0.25, 0.3) is 0 Å². The van der Waals surface area contributed by atoms with Crippen LogP contribution in [0.15, 0.2) is 4.34 Å². The molecule has 1 N–H and O–H groups in total. The Morgan fingerprint density at radius 3 is 2.63 bits per heavy atom. The molecule has 0 unspecified atom stereocenters. The molecule has 2 heterocycles. The van der Waals surface area contributed by atoms with Gasteiger partial charge in [-0.15, -0.1) is 10.2 Å². The lowest BCUT2D eigenvalue weighted by Crippen LogP contribution is -2.42. The van der Waals surface area contributed by atoms with Crippen molar-refractivity contribution >= 4 is 46.0 Å². The van der Waals surface area contributed by atoms with E-state index in [4.69, 9.17) is 5.11 Å². The summed E-state index contributed by atoms with van der Waals surface area (Å²) >= 11 is 2.06. The lowest BCUT2D eigenvalue weighted by molar-refractivity contribution is -0.134. The monoisotopic (exact) mass is 301 g/mol. The third-order valence-electron chi connectivity index (χ3n) is 2.45. The Bertz CT molecular complexity index is 513. The molecule has 0 spiro atoms. The first-order chi connectivity index (χ1) is 8.97. The molecule has 0 bridgehead atoms. The molecule has 9 heteroatoms. The molecule has 19 heavy (non-hydrogen) atoms. The minimum atomic E-state index is -0.958. The summed E-state index contributed by atoms with van der Waals surface area (Å²) in [6.45, 7) is 1.85. The van der Waals surface area contributed by atoms with E-state index in [0.717, 1.165) is 28.0 Å². The van der Waals surface area contributed by atoms with E-state index >= 15 is 0 Å². The van der Waals surface area contributed by atoms with Crippen LogP contribution >= 0.6 is 23.1 Å². The summed E-state index contributed by atoms with van der Waals surface area (Å²) in [6.07, 6.45) is 0.617. The van der Waals surface area contributed by atoms with Crippen LogP contribution in [0.3, 0.4) is 0 Å². The van der Waals surface area contributed by atoms with Gasteiger partial charge in [0, 0.05) is 12.8 Å². The summed E-state index contributed by atoms with van der Waals surface area (Å²) in [5.41, 5.74) is 0. The minimum Gasteiger partial charge on any atom is -0.481 e. The number of hydrogen-bond donors (Lipinski definition) is 1. The number of aromatic nitrogens is 2. The van der Waals surface area contributed by atoms with Crippen molar-refractivity contribution in [2.24, 2.45) is 5.92 Å². The highest BCUT2D eigenvalue weighted by Gasteiger charge is 2.33. The van der Waals surface area contributed by atoms with Gasteiger partial charge in [0.05, 0.1) is 5.75 Å². The zero-order chi connectivity index (χ0) is 14.0. The Kier molecular flexibility index (Phi) is 4.15. The molecule has 0 radical (unpaired) electrons. The van der Waals surface area contributed by atoms with E-state index in [1.165, 1.54) is 0 Å². The first-order valence-corrected chi connectivity index (χ1v) is 7.31. The van der Waals surface area contributed by atoms with Crippen LogP contribution < -0.4 is 4.90 Å². The maximum atomic E-state index is 11.8. The molecule has 1 aliphatic rings. The fourth-order valence-corrected chi connectivity index (χ4v) is 3.27. The van der Waals surface area contributed by atoms with Crippen molar-refractivity contribution in [2.75, 3.05) is 10.7 Å². The number of anilines is 1. The second-order valence-corrected chi connectivity index (χ2v) is 6.35. The molecule has 102 valence electrons. The average molecular weight is 301 g/mol. The smallest absolute Gasteiger partial charge is 0.313 e. The molecule has 7 nitrogen and oxygen atoms in total. The summed E-state index contributed by atoms with van der Waals surface area (Å²) in [7, 11) is 0. The van der Waals surface area contributed by atoms with E-state index < -0.39 is 5.97 Å². The van der Waals surface area contributed by atoms with Gasteiger partial charge in [0.1, 0.15) is 0 Å². The maximum Gasteiger partial charge on any atom is 0.313 e. The first-order valence-electron chi connectivity index (χ1n) is 5.51. The second kappa shape index (κ2) is 5.66. The zero-order valence-corrected chi connectivity index (χ0v) is 11.7. The molecule has 1 aliphatic heterocycles. The predicted molar refractivity (Wildman–Crippen MR) is 69.2 cm³/mol. The van der Waals surface area contributed by atoms with Crippen LogP contribution in [-0.2, 0) is 14.4 Å². The van der Waals surface area contributed by atoms with Crippen LogP contribution in [0.1, 0.15) is 19.8 Å². The lowest BCUT2D eigenvalue weighted by atomic mass is 9.98. The number of carbonyl (C=O) groups excluding carboxylic acids is 2. The fraction of sp³-hybridized carbons (Fsp3) is 0.500. The van der Waals surface area contributed by atoms with Gasteiger partial charge in [-0.05, 0) is 5.92 Å². The normalized spacial score (nSPS) is 17.0. The lowest BCUT2D eigenvalue weighted by Gasteiger charge is -2.25. The van der Waals surface area contributed by atoms with Crippen molar-refractivity contribution in [3.8, 4) is 0 Å². The molecular formula is C10H11N3O4S2. The van der Waals surface area contributed by atoms with Crippen molar-refractivity contribution in [3.63, 3.8) is 0 Å². The van der Waals surface area contributed by atoms with E-state index in [1.54, 1.807) is 0 Å². The minimum absolute atomic E-state index is 0.0463. The molecule has 2 amide bonds. The zero-order valence-electron chi connectivity index (χ0n) is 10.0. The number of hydrogen-bond acceptors (Lipinski definition) is 7. The quantitative estimate of drug-likeness (QED) is 0.503. The van der Waals surface area contributed by atoms with Gasteiger partial charge in [-0.3, -0.25) is 14.4 Å². The van der Waals surface area contributed by atoms with Gasteiger partial charge >= 0.3 is 5.97 Å². The Balaban J connectivity index is 2.11. The first kappa shape index (κ1) is 13.9. The van der Waals surface area contributed by atoms with Crippen LogP contribution in [-0.4, -0.2) is 38.8 Å². The largest absolute Gasteiger partial charge is 0.481 e. The third-order valence-corrected chi connectivity index (χ3v) is 4.48. The van der Waals surface area contributed by atoms with E-state index in [2.05, 4.69) is 10.2 Å². The number of carbonyl (C=O) groups is 3. The van der Waals surface area contributed by atoms with Gasteiger partial charge < -0.3 is 5.11 Å². The van der Waals surface area contributed by atoms with Crippen molar-refractivity contribution in [1.29, 1.82) is 0 Å². The van der Waals surface area contributed by atoms with Crippen LogP contribution in [0.4, 0.5) is 5.13 Å². The number of carboxylic acids is 1. The van der Waals surface area contributed by atoms with Crippen LogP contribution in [0, 0.1) is 5.92 Å². The van der Waals surface area contributed by atoms with Crippen LogP contribution in [0.2, 0.25) is 0 Å². The van der Waals surface area contributed by atoms with Crippen molar-refractivity contribution in [2.45, 2.75) is 24.1 Å². The molecule has 1 saturated heterocycles. The number of imide groups is 1. The third kappa shape index (κ3) is 3.29. The van der Waals surface area contributed by atoms with Gasteiger partial charge in [-0.1, -0.05) is 30.0 Å². The van der Waals surface area contributed by atoms with Crippen molar-refractivity contribution in [3.05, 3.63) is 0 Å². The molecular weight excluding hydrogens is 290 g/mol. The SMILES string of the molecule is CC1CC(=O)N(c2nnc(SCC(=O)O)s2)C(=O)C1. The van der Waals surface area contributed by atoms with E-state index in [9.17, 15) is 14.4 Å². The predicted octanol–water partition coefficient (Wildman–Crippen LogP) is 1.00. The Morgan fingerprint density at radius 1 is 1.42 bits per heavy atom. The van der Waals surface area contributed by atoms with Crippen LogP contribution in [0.5, 0.6) is 0 Å². The fourth-order valence-electron chi connectivity index (χ4n) is 1.68. The number of amides is 2. The summed E-state index contributed by atoms with van der Waals surface area (Å²) in [6, 6.07) is 0. The number of aliphatic carboxylic acids is 1. The molecule has 0 aliphatic carbocycles. The van der Waals surface area contributed by atoms with E-state index in [1.807, 2.05) is 6.92 Å². The molecule has 1 aromatic rings. The summed E-state index contributed by atoms with van der Waals surface area (Å²) in [4.78, 5) is 35.2. The average Bonchev–Trinajstić information content (AvgIpc) is 2.73. The van der Waals surface area contributed by atoms with Gasteiger partial charge in [-0.25, -0.2) is 4.90 Å². The molecule has 0 atom stereocenters. The molecule has 1 aromatic heterocycles. The molecule has 2 rings (SSSR count). The van der Waals surface area contributed by atoms with E-state index in [0.29, 0.717) is 17.2 Å². The van der Waals surface area contributed by atoms with Gasteiger partial charge in [0.15, 0.2) is 4.34 Å². The molecule has 0 saturated carbocycles. The summed E-state index contributed by atoms with van der Waals surface area (Å²) < 4.78 is 0.427. The van der Waals surface area contributed by atoms with Gasteiger partial charge in [-0.2, -0.15) is 0 Å². The van der Waals surface area contributed by atoms with Gasteiger partial charge in [0.25, 0.3) is 0 Å². The Morgan fingerprint density at radius 2 is 2.05 bits per heavy atom. The highest BCUT2D eigenvalue weighted by molar-refractivity contribution is 8.01. The van der Waals surface area contributed by atoms with Crippen molar-refractivity contribution < 1.29 is 19.5 Å². The number of rotatable bonds is 4. The number of thioether (sulfide) groups is 1. The summed E-state index contributed by atoms with van der Waals surface area (Å²) in [5, 5.41) is 16.3. The highest BCUT2D eigenvalue weighted by Crippen LogP contribution is 2.31. The molecule has 1 fully saturated rings. The topological polar surface area (TPSA) is 100 Å². The van der Waals surface area contributed by atoms with Crippen molar-refractivity contribution in [1.82, 2.24) is 10.2 Å². The highest BCUT2D eigenvalue weighted by atomic mass is 32.2. The number of carboxylic acid groups (broad SMARTS) is 1. The Hall–Kier alpha value is -1.48. The van der Waals surface area contributed by atoms with Gasteiger partial charge in [0.2, 0.25) is 16.9 Å². The number of nitrogens with zero attached hydrogens (tertiary/aromatic N) is 3. The standard InChI is InChI=1S/C10H11N3O4S2/c1-5-2-6(14)13(7(15)3-5)9-11-12-10(19-9)18-4-8(16)17/h5H,2-4H2,1H3,(H,16,17). The summed E-state index contributed by atoms with van der Waals surface area (Å²) in [5.74, 6) is -1.61. The Labute approximate surface area is 117 Å². The van der Waals surface area contributed by atoms with E-state index in [-0.39, 0.29) is 28.6 Å². The maximum absolute atomic E-state index is 11.8. The second-order valence-electron chi connectivity index (χ2n) is 4.17.